The number of carbonyl (C=O) groups is 3. The van der Waals surface area contributed by atoms with Crippen molar-refractivity contribution in [3.8, 4) is 0 Å². The summed E-state index contributed by atoms with van der Waals surface area (Å²) in [6.07, 6.45) is 3.34. The zero-order valence-electron chi connectivity index (χ0n) is 13.8. The van der Waals surface area contributed by atoms with Crippen LogP contribution in [0.25, 0.3) is 0 Å². The Morgan fingerprint density at radius 3 is 2.12 bits per heavy atom. The first-order valence-electron chi connectivity index (χ1n) is 8.07. The molecular formula is C17H23N3O3S. The fraction of sp³-hybridized carbons (Fsp3) is 0.471. The Morgan fingerprint density at radius 2 is 1.54 bits per heavy atom. The average molecular weight is 349 g/mol. The van der Waals surface area contributed by atoms with Gasteiger partial charge in [0.15, 0.2) is 0 Å². The first-order valence-corrected chi connectivity index (χ1v) is 9.23. The Labute approximate surface area is 146 Å². The summed E-state index contributed by atoms with van der Waals surface area (Å²) < 4.78 is 0. The highest BCUT2D eigenvalue weighted by molar-refractivity contribution is 8.00. The van der Waals surface area contributed by atoms with Gasteiger partial charge >= 0.3 is 0 Å². The maximum absolute atomic E-state index is 12.0. The number of carbonyl (C=O) groups excluding carboxylic acids is 3. The fourth-order valence-corrected chi connectivity index (χ4v) is 3.22. The Bertz CT molecular complexity index is 583. The van der Waals surface area contributed by atoms with Crippen molar-refractivity contribution < 1.29 is 14.4 Å². The van der Waals surface area contributed by atoms with Crippen molar-refractivity contribution in [1.29, 1.82) is 0 Å². The van der Waals surface area contributed by atoms with Gasteiger partial charge in [-0.05, 0) is 43.5 Å². The molecule has 1 aromatic rings. The van der Waals surface area contributed by atoms with Gasteiger partial charge < -0.3 is 15.5 Å². The van der Waals surface area contributed by atoms with Crippen LogP contribution >= 0.6 is 11.8 Å². The number of thioether (sulfide) groups is 1. The summed E-state index contributed by atoms with van der Waals surface area (Å²) in [6.45, 7) is 3.12. The van der Waals surface area contributed by atoms with Gasteiger partial charge in [-0.25, -0.2) is 0 Å². The van der Waals surface area contributed by atoms with E-state index < -0.39 is 0 Å². The molecule has 6 nitrogen and oxygen atoms in total. The first kappa shape index (κ1) is 18.3. The third kappa shape index (κ3) is 6.23. The Kier molecular flexibility index (Phi) is 7.11. The van der Waals surface area contributed by atoms with Crippen LogP contribution in [0, 0.1) is 0 Å². The van der Waals surface area contributed by atoms with Crippen LogP contribution in [-0.2, 0) is 14.4 Å². The third-order valence-electron chi connectivity index (χ3n) is 3.66. The summed E-state index contributed by atoms with van der Waals surface area (Å²) in [5.74, 6) is 0.425. The molecule has 0 atom stereocenters. The summed E-state index contributed by atoms with van der Waals surface area (Å²) in [5.41, 5.74) is 1.35. The van der Waals surface area contributed by atoms with E-state index in [4.69, 9.17) is 0 Å². The summed E-state index contributed by atoms with van der Waals surface area (Å²) in [6, 6.07) is 6.91. The number of piperidine rings is 1. The van der Waals surface area contributed by atoms with Gasteiger partial charge in [0.1, 0.15) is 0 Å². The number of hydrogen-bond donors (Lipinski definition) is 2. The van der Waals surface area contributed by atoms with Gasteiger partial charge in [0, 0.05) is 31.4 Å². The summed E-state index contributed by atoms with van der Waals surface area (Å²) in [5, 5.41) is 5.44. The quantitative estimate of drug-likeness (QED) is 0.826. The molecule has 130 valence electrons. The van der Waals surface area contributed by atoms with E-state index >= 15 is 0 Å². The molecule has 2 rings (SSSR count). The van der Waals surface area contributed by atoms with E-state index in [1.54, 1.807) is 24.3 Å². The predicted molar refractivity (Wildman–Crippen MR) is 97.1 cm³/mol. The minimum atomic E-state index is -0.140. The number of likely N-dealkylation sites (tertiary alicyclic amines) is 1. The summed E-state index contributed by atoms with van der Waals surface area (Å²) in [4.78, 5) is 36.7. The van der Waals surface area contributed by atoms with Crippen molar-refractivity contribution in [1.82, 2.24) is 4.90 Å². The molecule has 2 N–H and O–H groups in total. The van der Waals surface area contributed by atoms with Crippen molar-refractivity contribution in [3.05, 3.63) is 24.3 Å². The highest BCUT2D eigenvalue weighted by Gasteiger charge is 2.16. The van der Waals surface area contributed by atoms with Crippen LogP contribution in [0.3, 0.4) is 0 Å². The molecule has 3 amide bonds. The van der Waals surface area contributed by atoms with Crippen molar-refractivity contribution in [3.63, 3.8) is 0 Å². The van der Waals surface area contributed by atoms with Crippen LogP contribution in [0.1, 0.15) is 26.2 Å². The molecule has 0 saturated carbocycles. The fourth-order valence-electron chi connectivity index (χ4n) is 2.50. The summed E-state index contributed by atoms with van der Waals surface area (Å²) in [7, 11) is 0. The Hall–Kier alpha value is -2.02. The first-order chi connectivity index (χ1) is 11.5. The molecule has 7 heteroatoms. The van der Waals surface area contributed by atoms with Crippen molar-refractivity contribution in [2.75, 3.05) is 35.2 Å². The lowest BCUT2D eigenvalue weighted by Crippen LogP contribution is -2.37. The molecule has 1 aliphatic rings. The van der Waals surface area contributed by atoms with Gasteiger partial charge in [0.05, 0.1) is 11.5 Å². The molecule has 0 aromatic heterocycles. The smallest absolute Gasteiger partial charge is 0.234 e. The monoisotopic (exact) mass is 349 g/mol. The van der Waals surface area contributed by atoms with Crippen LogP contribution in [0.15, 0.2) is 24.3 Å². The Morgan fingerprint density at radius 1 is 0.958 bits per heavy atom. The van der Waals surface area contributed by atoms with E-state index in [1.807, 2.05) is 4.90 Å². The number of benzene rings is 1. The minimum Gasteiger partial charge on any atom is -0.342 e. The normalized spacial score (nSPS) is 14.1. The lowest BCUT2D eigenvalue weighted by molar-refractivity contribution is -0.129. The maximum Gasteiger partial charge on any atom is 0.234 e. The van der Waals surface area contributed by atoms with Gasteiger partial charge in [-0.3, -0.25) is 14.4 Å². The standard InChI is InChI=1S/C17H23N3O3S/c1-13(21)18-14-5-7-15(8-6-14)19-16(22)11-24-12-17(23)20-9-3-2-4-10-20/h5-8H,2-4,9-12H2,1H3,(H,18,21)(H,19,22). The molecule has 0 spiro atoms. The second-order valence-corrected chi connectivity index (χ2v) is 6.73. The van der Waals surface area contributed by atoms with Gasteiger partial charge in [0.2, 0.25) is 17.7 Å². The largest absolute Gasteiger partial charge is 0.342 e. The lowest BCUT2D eigenvalue weighted by Gasteiger charge is -2.26. The second-order valence-electron chi connectivity index (χ2n) is 5.74. The molecule has 0 aliphatic carbocycles. The molecule has 0 unspecified atom stereocenters. The highest BCUT2D eigenvalue weighted by atomic mass is 32.2. The Balaban J connectivity index is 1.69. The number of anilines is 2. The van der Waals surface area contributed by atoms with Crippen LogP contribution in [0.2, 0.25) is 0 Å². The van der Waals surface area contributed by atoms with Gasteiger partial charge in [0.25, 0.3) is 0 Å². The molecule has 1 heterocycles. The highest BCUT2D eigenvalue weighted by Crippen LogP contribution is 2.15. The van der Waals surface area contributed by atoms with Crippen molar-refractivity contribution in [2.45, 2.75) is 26.2 Å². The number of amides is 3. The van der Waals surface area contributed by atoms with Gasteiger partial charge in [-0.2, -0.15) is 0 Å². The SMILES string of the molecule is CC(=O)Nc1ccc(NC(=O)CSCC(=O)N2CCCCC2)cc1. The van der Waals surface area contributed by atoms with E-state index in [0.717, 1.165) is 25.9 Å². The second kappa shape index (κ2) is 9.32. The zero-order chi connectivity index (χ0) is 17.4. The molecule has 1 aliphatic heterocycles. The van der Waals surface area contributed by atoms with Gasteiger partial charge in [-0.1, -0.05) is 0 Å². The number of rotatable bonds is 6. The van der Waals surface area contributed by atoms with E-state index in [2.05, 4.69) is 10.6 Å². The number of nitrogens with one attached hydrogen (secondary N) is 2. The van der Waals surface area contributed by atoms with Gasteiger partial charge in [-0.15, -0.1) is 11.8 Å². The predicted octanol–water partition coefficient (Wildman–Crippen LogP) is 2.33. The van der Waals surface area contributed by atoms with E-state index in [-0.39, 0.29) is 23.5 Å². The lowest BCUT2D eigenvalue weighted by atomic mass is 10.1. The molecule has 1 aromatic carbocycles. The zero-order valence-corrected chi connectivity index (χ0v) is 14.7. The molecule has 24 heavy (non-hydrogen) atoms. The van der Waals surface area contributed by atoms with Crippen molar-refractivity contribution >= 4 is 40.9 Å². The topological polar surface area (TPSA) is 78.5 Å². The van der Waals surface area contributed by atoms with E-state index in [9.17, 15) is 14.4 Å². The van der Waals surface area contributed by atoms with Crippen LogP contribution in [-0.4, -0.2) is 47.2 Å². The average Bonchev–Trinajstić information content (AvgIpc) is 2.57. The minimum absolute atomic E-state index is 0.118. The van der Waals surface area contributed by atoms with E-state index in [0.29, 0.717) is 17.1 Å². The van der Waals surface area contributed by atoms with Crippen LogP contribution in [0.5, 0.6) is 0 Å². The van der Waals surface area contributed by atoms with Crippen molar-refractivity contribution in [2.24, 2.45) is 0 Å². The molecule has 1 fully saturated rings. The maximum atomic E-state index is 12.0. The van der Waals surface area contributed by atoms with Crippen LogP contribution < -0.4 is 10.6 Å². The number of nitrogens with zero attached hydrogens (tertiary/aromatic N) is 1. The number of hydrogen-bond acceptors (Lipinski definition) is 4. The molecule has 0 bridgehead atoms. The summed E-state index contributed by atoms with van der Waals surface area (Å²) >= 11 is 1.33. The molecule has 0 radical (unpaired) electrons. The van der Waals surface area contributed by atoms with Crippen LogP contribution in [0.4, 0.5) is 11.4 Å². The van der Waals surface area contributed by atoms with E-state index in [1.165, 1.54) is 25.1 Å². The molecule has 1 saturated heterocycles. The third-order valence-corrected chi connectivity index (χ3v) is 4.57. The molecular weight excluding hydrogens is 326 g/mol.